The van der Waals surface area contributed by atoms with E-state index in [0.717, 1.165) is 50.6 Å². The lowest BCUT2D eigenvalue weighted by Crippen LogP contribution is -2.39. The molecule has 1 saturated carbocycles. The predicted octanol–water partition coefficient (Wildman–Crippen LogP) is 3.68. The Morgan fingerprint density at radius 1 is 1.00 bits per heavy atom. The molecule has 0 bridgehead atoms. The van der Waals surface area contributed by atoms with Gasteiger partial charge in [-0.05, 0) is 36.8 Å². The summed E-state index contributed by atoms with van der Waals surface area (Å²) in [7, 11) is 0. The number of anilines is 1. The molecule has 1 spiro atoms. The summed E-state index contributed by atoms with van der Waals surface area (Å²) >= 11 is 0. The Kier molecular flexibility index (Phi) is 4.07. The van der Waals surface area contributed by atoms with Gasteiger partial charge in [0.05, 0.1) is 12.2 Å². The van der Waals surface area contributed by atoms with E-state index in [2.05, 4.69) is 32.0 Å². The van der Waals surface area contributed by atoms with E-state index in [4.69, 9.17) is 0 Å². The first-order valence-corrected chi connectivity index (χ1v) is 8.60. The number of rotatable bonds is 3. The molecule has 1 aromatic rings. The number of carbonyl (C=O) groups is 2. The van der Waals surface area contributed by atoms with Crippen molar-refractivity contribution in [1.82, 2.24) is 0 Å². The molecule has 0 radical (unpaired) electrons. The summed E-state index contributed by atoms with van der Waals surface area (Å²) in [6.07, 6.45) is 6.41. The molecule has 3 nitrogen and oxygen atoms in total. The third-order valence-electron chi connectivity index (χ3n) is 5.43. The largest absolute Gasteiger partial charge is 0.304 e. The summed E-state index contributed by atoms with van der Waals surface area (Å²) in [5.74, 6) is 0.206. The van der Waals surface area contributed by atoms with Gasteiger partial charge >= 0.3 is 0 Å². The number of amides is 1. The highest BCUT2D eigenvalue weighted by molar-refractivity contribution is 6.21. The maximum atomic E-state index is 13.1. The summed E-state index contributed by atoms with van der Waals surface area (Å²) in [5, 5.41) is 0. The highest BCUT2D eigenvalue weighted by atomic mass is 16.2. The van der Waals surface area contributed by atoms with Gasteiger partial charge in [-0.3, -0.25) is 9.59 Å². The van der Waals surface area contributed by atoms with Crippen LogP contribution in [0.5, 0.6) is 0 Å². The minimum absolute atomic E-state index is 0.0628. The number of ketones is 1. The van der Waals surface area contributed by atoms with Crippen molar-refractivity contribution in [3.05, 3.63) is 29.3 Å². The zero-order valence-corrected chi connectivity index (χ0v) is 13.7. The molecule has 3 heteroatoms. The third-order valence-corrected chi connectivity index (χ3v) is 5.43. The number of para-hydroxylation sites is 1. The fraction of sp³-hybridized carbons (Fsp3) is 0.579. The minimum Gasteiger partial charge on any atom is -0.304 e. The van der Waals surface area contributed by atoms with Gasteiger partial charge in [-0.25, -0.2) is 0 Å². The minimum atomic E-state index is -0.704. The van der Waals surface area contributed by atoms with Crippen molar-refractivity contribution in [2.24, 2.45) is 5.41 Å². The van der Waals surface area contributed by atoms with E-state index in [1.54, 1.807) is 4.90 Å². The van der Waals surface area contributed by atoms with E-state index in [1.165, 1.54) is 11.1 Å². The van der Waals surface area contributed by atoms with Crippen molar-refractivity contribution < 1.29 is 9.59 Å². The summed E-state index contributed by atoms with van der Waals surface area (Å²) in [4.78, 5) is 27.6. The summed E-state index contributed by atoms with van der Waals surface area (Å²) in [6, 6.07) is 6.22. The molecule has 2 fully saturated rings. The summed E-state index contributed by atoms with van der Waals surface area (Å²) in [5.41, 5.74) is 2.65. The van der Waals surface area contributed by atoms with E-state index in [-0.39, 0.29) is 18.2 Å². The van der Waals surface area contributed by atoms with Crippen molar-refractivity contribution in [1.29, 1.82) is 0 Å². The molecule has 118 valence electrons. The quantitative estimate of drug-likeness (QED) is 0.798. The van der Waals surface area contributed by atoms with E-state index >= 15 is 0 Å². The second-order valence-electron chi connectivity index (χ2n) is 6.59. The Labute approximate surface area is 132 Å². The second-order valence-corrected chi connectivity index (χ2v) is 6.59. The number of aryl methyl sites for hydroxylation is 2. The van der Waals surface area contributed by atoms with Crippen molar-refractivity contribution in [2.45, 2.75) is 58.8 Å². The van der Waals surface area contributed by atoms with Gasteiger partial charge in [0, 0.05) is 0 Å². The monoisotopic (exact) mass is 299 g/mol. The average molecular weight is 299 g/mol. The van der Waals surface area contributed by atoms with Crippen LogP contribution in [0.4, 0.5) is 5.69 Å². The number of Topliss-reactive ketones (excluding diaryl/α,β-unsaturated/α-hetero) is 1. The van der Waals surface area contributed by atoms with E-state index in [0.29, 0.717) is 0 Å². The van der Waals surface area contributed by atoms with Crippen molar-refractivity contribution in [3.63, 3.8) is 0 Å². The number of benzene rings is 1. The third kappa shape index (κ3) is 2.18. The summed E-state index contributed by atoms with van der Waals surface area (Å²) in [6.45, 7) is 4.48. The first-order chi connectivity index (χ1) is 10.6. The Hall–Kier alpha value is -1.64. The lowest BCUT2D eigenvalue weighted by atomic mass is 9.72. The van der Waals surface area contributed by atoms with Crippen molar-refractivity contribution in [2.75, 3.05) is 11.4 Å². The average Bonchev–Trinajstić information content (AvgIpc) is 2.79. The standard InChI is InChI=1S/C19H25NO2/c1-3-14-9-8-10-15(4-2)17(14)20-13-16(21)19(18(20)22)11-6-5-7-12-19/h8-10H,3-7,11-13H2,1-2H3. The van der Waals surface area contributed by atoms with Crippen LogP contribution in [0.3, 0.4) is 0 Å². The smallest absolute Gasteiger partial charge is 0.241 e. The number of carbonyl (C=O) groups excluding carboxylic acids is 2. The SMILES string of the molecule is CCc1cccc(CC)c1N1CC(=O)C2(CCCCC2)C1=O. The number of nitrogens with zero attached hydrogens (tertiary/aromatic N) is 1. The highest BCUT2D eigenvalue weighted by Crippen LogP contribution is 2.45. The Balaban J connectivity index is 2.04. The molecule has 0 unspecified atom stereocenters. The van der Waals surface area contributed by atoms with Crippen LogP contribution in [0.25, 0.3) is 0 Å². The zero-order chi connectivity index (χ0) is 15.7. The van der Waals surface area contributed by atoms with Crippen LogP contribution in [0.1, 0.15) is 57.1 Å². The van der Waals surface area contributed by atoms with Gasteiger partial charge in [0.15, 0.2) is 5.78 Å². The molecule has 0 atom stereocenters. The normalized spacial score (nSPS) is 20.9. The molecule has 22 heavy (non-hydrogen) atoms. The fourth-order valence-corrected chi connectivity index (χ4v) is 4.13. The van der Waals surface area contributed by atoms with E-state index in [1.807, 2.05) is 0 Å². The Morgan fingerprint density at radius 2 is 1.59 bits per heavy atom. The Bertz CT molecular complexity index is 577. The molecular formula is C19H25NO2. The molecule has 1 heterocycles. The first kappa shape index (κ1) is 15.3. The molecule has 3 rings (SSSR count). The van der Waals surface area contributed by atoms with Crippen LogP contribution >= 0.6 is 0 Å². The van der Waals surface area contributed by atoms with Gasteiger partial charge in [-0.2, -0.15) is 0 Å². The van der Waals surface area contributed by atoms with Gasteiger partial charge in [0.25, 0.3) is 0 Å². The maximum Gasteiger partial charge on any atom is 0.241 e. The molecular weight excluding hydrogens is 274 g/mol. The molecule has 1 saturated heterocycles. The number of hydrogen-bond donors (Lipinski definition) is 0. The zero-order valence-electron chi connectivity index (χ0n) is 13.7. The topological polar surface area (TPSA) is 37.4 Å². The van der Waals surface area contributed by atoms with Gasteiger partial charge in [-0.15, -0.1) is 0 Å². The molecule has 1 aliphatic carbocycles. The highest BCUT2D eigenvalue weighted by Gasteiger charge is 2.54. The van der Waals surface area contributed by atoms with Crippen molar-refractivity contribution >= 4 is 17.4 Å². The van der Waals surface area contributed by atoms with Crippen LogP contribution in [0.2, 0.25) is 0 Å². The van der Waals surface area contributed by atoms with Crippen molar-refractivity contribution in [3.8, 4) is 0 Å². The lowest BCUT2D eigenvalue weighted by molar-refractivity contribution is -0.136. The van der Waals surface area contributed by atoms with Crippen LogP contribution in [0, 0.1) is 5.41 Å². The van der Waals surface area contributed by atoms with Gasteiger partial charge in [-0.1, -0.05) is 51.3 Å². The maximum absolute atomic E-state index is 13.1. The molecule has 1 aromatic carbocycles. The molecule has 0 aromatic heterocycles. The Morgan fingerprint density at radius 3 is 2.14 bits per heavy atom. The first-order valence-electron chi connectivity index (χ1n) is 8.60. The lowest BCUT2D eigenvalue weighted by Gasteiger charge is -2.30. The molecule has 0 N–H and O–H groups in total. The van der Waals surface area contributed by atoms with Crippen LogP contribution in [0.15, 0.2) is 18.2 Å². The van der Waals surface area contributed by atoms with Gasteiger partial charge in [0.1, 0.15) is 5.41 Å². The van der Waals surface area contributed by atoms with E-state index < -0.39 is 5.41 Å². The van der Waals surface area contributed by atoms with Crippen LogP contribution in [-0.4, -0.2) is 18.2 Å². The van der Waals surface area contributed by atoms with E-state index in [9.17, 15) is 9.59 Å². The predicted molar refractivity (Wildman–Crippen MR) is 88.1 cm³/mol. The fourth-order valence-electron chi connectivity index (χ4n) is 4.13. The molecule has 1 amide bonds. The molecule has 1 aliphatic heterocycles. The van der Waals surface area contributed by atoms with Crippen LogP contribution < -0.4 is 4.90 Å². The summed E-state index contributed by atoms with van der Waals surface area (Å²) < 4.78 is 0. The number of hydrogen-bond acceptors (Lipinski definition) is 2. The van der Waals surface area contributed by atoms with Gasteiger partial charge in [0.2, 0.25) is 5.91 Å². The van der Waals surface area contributed by atoms with Crippen LogP contribution in [-0.2, 0) is 22.4 Å². The van der Waals surface area contributed by atoms with Gasteiger partial charge < -0.3 is 4.90 Å². The second kappa shape index (κ2) is 5.86. The molecule has 2 aliphatic rings.